The molecule has 2 aromatic rings. The molecule has 37 heavy (non-hydrogen) atoms. The lowest BCUT2D eigenvalue weighted by atomic mass is 9.76. The minimum atomic E-state index is -0.807. The number of nitrogens with zero attached hydrogens (tertiary/aromatic N) is 1. The van der Waals surface area contributed by atoms with Crippen LogP contribution in [-0.2, 0) is 15.6 Å². The van der Waals surface area contributed by atoms with Crippen molar-refractivity contribution in [3.63, 3.8) is 0 Å². The first kappa shape index (κ1) is 29.9. The number of phenolic OH excluding ortho intramolecular Hbond substituents is 1. The van der Waals surface area contributed by atoms with E-state index >= 15 is 0 Å². The van der Waals surface area contributed by atoms with E-state index in [1.807, 2.05) is 13.0 Å². The van der Waals surface area contributed by atoms with E-state index in [9.17, 15) is 20.0 Å². The number of nitro benzene ring substituents is 1. The van der Waals surface area contributed by atoms with Crippen molar-refractivity contribution in [3.8, 4) is 17.2 Å². The molecule has 0 fully saturated rings. The summed E-state index contributed by atoms with van der Waals surface area (Å²) in [6, 6.07) is 8.45. The molecule has 0 aliphatic rings. The largest absolute Gasteiger partial charge is 0.502 e. The van der Waals surface area contributed by atoms with Crippen LogP contribution in [0.2, 0.25) is 0 Å². The first-order chi connectivity index (χ1) is 17.3. The van der Waals surface area contributed by atoms with Crippen molar-refractivity contribution in [1.29, 1.82) is 0 Å². The number of anilines is 1. The number of methoxy groups -OCH3 is 1. The molecule has 2 aromatic carbocycles. The van der Waals surface area contributed by atoms with Gasteiger partial charge < -0.3 is 19.9 Å². The van der Waals surface area contributed by atoms with Gasteiger partial charge in [-0.25, -0.2) is 0 Å². The van der Waals surface area contributed by atoms with Gasteiger partial charge in [0.15, 0.2) is 11.9 Å². The zero-order valence-electron chi connectivity index (χ0n) is 23.4. The summed E-state index contributed by atoms with van der Waals surface area (Å²) in [6.07, 6.45) is 3.21. The van der Waals surface area contributed by atoms with E-state index < -0.39 is 28.4 Å². The molecule has 8 nitrogen and oxygen atoms in total. The first-order valence-corrected chi connectivity index (χ1v) is 13.0. The first-order valence-electron chi connectivity index (χ1n) is 13.0. The second-order valence-electron chi connectivity index (χ2n) is 10.7. The predicted molar refractivity (Wildman–Crippen MR) is 147 cm³/mol. The Morgan fingerprint density at radius 3 is 2.24 bits per heavy atom. The van der Waals surface area contributed by atoms with Crippen LogP contribution in [0.4, 0.5) is 11.4 Å². The highest BCUT2D eigenvalue weighted by molar-refractivity contribution is 5.96. The van der Waals surface area contributed by atoms with Gasteiger partial charge in [-0.05, 0) is 48.1 Å². The highest BCUT2D eigenvalue weighted by Gasteiger charge is 2.30. The summed E-state index contributed by atoms with van der Waals surface area (Å²) in [5.74, 6) is -0.241. The molecule has 0 aliphatic carbocycles. The summed E-state index contributed by atoms with van der Waals surface area (Å²) in [7, 11) is 1.34. The summed E-state index contributed by atoms with van der Waals surface area (Å²) in [5, 5.41) is 24.0. The van der Waals surface area contributed by atoms with Gasteiger partial charge in [-0.15, -0.1) is 0 Å². The predicted octanol–water partition coefficient (Wildman–Crippen LogP) is 7.26. The fourth-order valence-electron chi connectivity index (χ4n) is 3.95. The molecular weight excluding hydrogens is 472 g/mol. The van der Waals surface area contributed by atoms with Crippen LogP contribution in [0, 0.1) is 10.1 Å². The van der Waals surface area contributed by atoms with Gasteiger partial charge >= 0.3 is 5.69 Å². The molecule has 0 heterocycles. The maximum Gasteiger partial charge on any atom is 0.314 e. The van der Waals surface area contributed by atoms with Crippen molar-refractivity contribution in [2.75, 3.05) is 12.4 Å². The zero-order valence-corrected chi connectivity index (χ0v) is 23.4. The van der Waals surface area contributed by atoms with E-state index in [0.717, 1.165) is 43.4 Å². The lowest BCUT2D eigenvalue weighted by Crippen LogP contribution is -2.34. The van der Waals surface area contributed by atoms with Gasteiger partial charge in [-0.3, -0.25) is 14.9 Å². The smallest absolute Gasteiger partial charge is 0.314 e. The lowest BCUT2D eigenvalue weighted by Gasteiger charge is -2.31. The van der Waals surface area contributed by atoms with Gasteiger partial charge in [0.1, 0.15) is 11.5 Å². The summed E-state index contributed by atoms with van der Waals surface area (Å²) >= 11 is 0. The number of amides is 1. The minimum Gasteiger partial charge on any atom is -0.502 e. The number of benzene rings is 2. The number of carbonyl (C=O) groups is 1. The van der Waals surface area contributed by atoms with Crippen molar-refractivity contribution < 1.29 is 24.3 Å². The van der Waals surface area contributed by atoms with E-state index in [4.69, 9.17) is 9.47 Å². The molecule has 2 rings (SSSR count). The molecule has 0 saturated carbocycles. The SMILES string of the molecule is CCCCC(Oc1ccc(C(C)(C)CC)cc1C(C)(C)CC)C(=O)Nc1cc(O)c([N+](=O)[O-])cc1OC. The van der Waals surface area contributed by atoms with Crippen LogP contribution >= 0.6 is 0 Å². The van der Waals surface area contributed by atoms with Crippen molar-refractivity contribution in [2.24, 2.45) is 0 Å². The average molecular weight is 515 g/mol. The Balaban J connectivity index is 2.47. The Morgan fingerprint density at radius 2 is 1.70 bits per heavy atom. The van der Waals surface area contributed by atoms with Crippen molar-refractivity contribution in [3.05, 3.63) is 51.6 Å². The fraction of sp³-hybridized carbons (Fsp3) is 0.552. The summed E-state index contributed by atoms with van der Waals surface area (Å²) in [5.41, 5.74) is 1.73. The van der Waals surface area contributed by atoms with Crippen LogP contribution in [-0.4, -0.2) is 29.2 Å². The molecule has 0 bridgehead atoms. The van der Waals surface area contributed by atoms with E-state index in [-0.39, 0.29) is 22.3 Å². The summed E-state index contributed by atoms with van der Waals surface area (Å²) in [6.45, 7) is 15.1. The van der Waals surface area contributed by atoms with Crippen LogP contribution in [0.5, 0.6) is 17.2 Å². The molecule has 1 atom stereocenters. The molecule has 2 N–H and O–H groups in total. The molecule has 0 radical (unpaired) electrons. The Hall–Kier alpha value is -3.29. The monoisotopic (exact) mass is 514 g/mol. The molecule has 8 heteroatoms. The average Bonchev–Trinajstić information content (AvgIpc) is 2.86. The molecule has 204 valence electrons. The third-order valence-corrected chi connectivity index (χ3v) is 7.39. The fourth-order valence-corrected chi connectivity index (χ4v) is 3.95. The number of ether oxygens (including phenoxy) is 2. The molecule has 0 spiro atoms. The van der Waals surface area contributed by atoms with Gasteiger partial charge in [0.2, 0.25) is 0 Å². The van der Waals surface area contributed by atoms with Gasteiger partial charge in [0.25, 0.3) is 5.91 Å². The second-order valence-corrected chi connectivity index (χ2v) is 10.7. The topological polar surface area (TPSA) is 111 Å². The maximum atomic E-state index is 13.4. The highest BCUT2D eigenvalue weighted by atomic mass is 16.6. The number of phenols is 1. The van der Waals surface area contributed by atoms with Gasteiger partial charge in [-0.2, -0.15) is 0 Å². The normalized spacial score (nSPS) is 12.6. The molecule has 0 aliphatic heterocycles. The number of hydrogen-bond acceptors (Lipinski definition) is 6. The number of nitro groups is 1. The van der Waals surface area contributed by atoms with Crippen molar-refractivity contribution in [2.45, 2.75) is 97.5 Å². The molecule has 0 aromatic heterocycles. The second kappa shape index (κ2) is 12.3. The van der Waals surface area contributed by atoms with Crippen molar-refractivity contribution >= 4 is 17.3 Å². The number of hydrogen-bond donors (Lipinski definition) is 2. The standard InChI is InChI=1S/C29H42N2O6/c1-9-12-13-25(27(33)30-21-17-23(32)22(31(34)35)18-26(21)36-8)37-24-15-14-19(28(4,5)10-2)16-20(24)29(6,7)11-3/h14-18,25,32H,9-13H2,1-8H3,(H,30,33). The highest BCUT2D eigenvalue weighted by Crippen LogP contribution is 2.40. The number of unbranched alkanes of at least 4 members (excludes halogenated alkanes) is 1. The van der Waals surface area contributed by atoms with Crippen LogP contribution in [0.15, 0.2) is 30.3 Å². The van der Waals surface area contributed by atoms with E-state index in [1.165, 1.54) is 12.7 Å². The van der Waals surface area contributed by atoms with E-state index in [2.05, 4.69) is 59.0 Å². The Kier molecular flexibility index (Phi) is 9.95. The molecule has 0 saturated heterocycles. The Morgan fingerprint density at radius 1 is 1.05 bits per heavy atom. The third-order valence-electron chi connectivity index (χ3n) is 7.39. The third kappa shape index (κ3) is 7.14. The van der Waals surface area contributed by atoms with Gasteiger partial charge in [-0.1, -0.05) is 67.0 Å². The number of carbonyl (C=O) groups excluding carboxylic acids is 1. The summed E-state index contributed by atoms with van der Waals surface area (Å²) in [4.78, 5) is 23.9. The van der Waals surface area contributed by atoms with E-state index in [1.54, 1.807) is 0 Å². The number of rotatable bonds is 13. The van der Waals surface area contributed by atoms with Crippen LogP contribution in [0.1, 0.15) is 91.7 Å². The number of nitrogens with one attached hydrogen (secondary N) is 1. The van der Waals surface area contributed by atoms with Crippen LogP contribution in [0.25, 0.3) is 0 Å². The molecule has 1 amide bonds. The van der Waals surface area contributed by atoms with Crippen molar-refractivity contribution in [1.82, 2.24) is 0 Å². The molecular formula is C29H42N2O6. The minimum absolute atomic E-state index is 0.00453. The van der Waals surface area contributed by atoms with Gasteiger partial charge in [0, 0.05) is 11.6 Å². The van der Waals surface area contributed by atoms with Gasteiger partial charge in [0.05, 0.1) is 23.8 Å². The number of aromatic hydroxyl groups is 1. The lowest BCUT2D eigenvalue weighted by molar-refractivity contribution is -0.385. The van der Waals surface area contributed by atoms with E-state index in [0.29, 0.717) is 12.2 Å². The zero-order chi connectivity index (χ0) is 28.0. The van der Waals surface area contributed by atoms with Crippen LogP contribution in [0.3, 0.4) is 0 Å². The van der Waals surface area contributed by atoms with Crippen LogP contribution < -0.4 is 14.8 Å². The summed E-state index contributed by atoms with van der Waals surface area (Å²) < 4.78 is 11.6. The maximum absolute atomic E-state index is 13.4. The Labute approximate surface area is 220 Å². The Bertz CT molecular complexity index is 1110. The quantitative estimate of drug-likeness (QED) is 0.215. The molecule has 1 unspecified atom stereocenters.